The summed E-state index contributed by atoms with van der Waals surface area (Å²) in [7, 11) is 0. The molecule has 4 nitrogen and oxygen atoms in total. The third-order valence-corrected chi connectivity index (χ3v) is 3.08. The summed E-state index contributed by atoms with van der Waals surface area (Å²) in [6, 6.07) is 3.66. The van der Waals surface area contributed by atoms with Gasteiger partial charge in [-0.2, -0.15) is 0 Å². The van der Waals surface area contributed by atoms with E-state index in [2.05, 4.69) is 24.9 Å². The first-order valence-electron chi connectivity index (χ1n) is 5.74. The monoisotopic (exact) mass is 352 g/mol. The van der Waals surface area contributed by atoms with E-state index in [9.17, 15) is 4.79 Å². The standard InChI is InChI=1S/C12H20N2O2.HI/c1-3-12(13,4-2)8-11(15)14-9-10-6-5-7-16-10;/h5-7H,3-4,8-9,13H2,1-2H3,(H,14,15);1H. The van der Waals surface area contributed by atoms with Crippen molar-refractivity contribution in [1.82, 2.24) is 5.32 Å². The van der Waals surface area contributed by atoms with Crippen LogP contribution in [0.15, 0.2) is 22.8 Å². The number of quaternary nitrogens is 1. The highest BCUT2D eigenvalue weighted by Gasteiger charge is 2.27. The summed E-state index contributed by atoms with van der Waals surface area (Å²) in [6.07, 6.45) is 3.90. The molecule has 0 spiro atoms. The zero-order valence-corrected chi connectivity index (χ0v) is 12.6. The molecular weight excluding hydrogens is 331 g/mol. The van der Waals surface area contributed by atoms with Gasteiger partial charge >= 0.3 is 0 Å². The minimum absolute atomic E-state index is 0. The third-order valence-electron chi connectivity index (χ3n) is 3.08. The Morgan fingerprint density at radius 1 is 1.47 bits per heavy atom. The Bertz CT molecular complexity index is 321. The van der Waals surface area contributed by atoms with Gasteiger partial charge in [0.25, 0.3) is 0 Å². The SMILES string of the molecule is CCC([NH3+])(CC)CC(=O)NCc1ccco1.[I-]. The van der Waals surface area contributed by atoms with Gasteiger partial charge in [-0.1, -0.05) is 13.8 Å². The number of furan rings is 1. The van der Waals surface area contributed by atoms with E-state index in [1.807, 2.05) is 12.1 Å². The molecule has 0 aromatic carbocycles. The summed E-state index contributed by atoms with van der Waals surface area (Å²) in [5.74, 6) is 0.811. The Kier molecular flexibility index (Phi) is 7.45. The van der Waals surface area contributed by atoms with Crippen molar-refractivity contribution in [3.8, 4) is 0 Å². The van der Waals surface area contributed by atoms with E-state index in [1.165, 1.54) is 0 Å². The van der Waals surface area contributed by atoms with Crippen LogP contribution in [0.3, 0.4) is 0 Å². The molecule has 0 aliphatic carbocycles. The Labute approximate surface area is 119 Å². The highest BCUT2D eigenvalue weighted by atomic mass is 127. The van der Waals surface area contributed by atoms with Crippen molar-refractivity contribution >= 4 is 5.91 Å². The molecule has 1 heterocycles. The first kappa shape index (κ1) is 16.4. The van der Waals surface area contributed by atoms with Crippen molar-refractivity contribution in [2.24, 2.45) is 0 Å². The van der Waals surface area contributed by atoms with E-state index in [-0.39, 0.29) is 35.4 Å². The molecular formula is C12H21IN2O2. The smallest absolute Gasteiger partial charge is 0.226 e. The van der Waals surface area contributed by atoms with Crippen LogP contribution < -0.4 is 35.0 Å². The second-order valence-corrected chi connectivity index (χ2v) is 4.24. The lowest BCUT2D eigenvalue weighted by atomic mass is 9.90. The van der Waals surface area contributed by atoms with E-state index in [4.69, 9.17) is 4.42 Å². The van der Waals surface area contributed by atoms with Crippen molar-refractivity contribution in [2.75, 3.05) is 0 Å². The summed E-state index contributed by atoms with van der Waals surface area (Å²) < 4.78 is 5.14. The van der Waals surface area contributed by atoms with Gasteiger partial charge < -0.3 is 39.4 Å². The second-order valence-electron chi connectivity index (χ2n) is 4.24. The van der Waals surface area contributed by atoms with Crippen molar-refractivity contribution in [1.29, 1.82) is 0 Å². The van der Waals surface area contributed by atoms with E-state index >= 15 is 0 Å². The van der Waals surface area contributed by atoms with E-state index in [0.717, 1.165) is 18.6 Å². The molecule has 4 N–H and O–H groups in total. The van der Waals surface area contributed by atoms with Crippen LogP contribution in [0.4, 0.5) is 0 Å². The largest absolute Gasteiger partial charge is 1.00 e. The van der Waals surface area contributed by atoms with Gasteiger partial charge in [0.15, 0.2) is 0 Å². The molecule has 1 rings (SSSR count). The van der Waals surface area contributed by atoms with Gasteiger partial charge in [-0.05, 0) is 25.0 Å². The number of carbonyl (C=O) groups is 1. The van der Waals surface area contributed by atoms with Gasteiger partial charge in [0.1, 0.15) is 11.3 Å². The average Bonchev–Trinajstić information content (AvgIpc) is 2.79. The summed E-state index contributed by atoms with van der Waals surface area (Å²) in [4.78, 5) is 11.7. The maximum absolute atomic E-state index is 11.7. The molecule has 0 unspecified atom stereocenters. The van der Waals surface area contributed by atoms with Crippen LogP contribution in [-0.4, -0.2) is 11.4 Å². The van der Waals surface area contributed by atoms with Crippen LogP contribution in [0.25, 0.3) is 0 Å². The number of hydrogen-bond donors (Lipinski definition) is 2. The van der Waals surface area contributed by atoms with Crippen LogP contribution in [-0.2, 0) is 11.3 Å². The maximum Gasteiger partial charge on any atom is 0.226 e. The van der Waals surface area contributed by atoms with Crippen LogP contribution in [0.2, 0.25) is 0 Å². The molecule has 0 atom stereocenters. The lowest BCUT2D eigenvalue weighted by Crippen LogP contribution is -3.00. The quantitative estimate of drug-likeness (QED) is 0.587. The predicted octanol–water partition coefficient (Wildman–Crippen LogP) is -1.91. The maximum atomic E-state index is 11.7. The molecule has 0 saturated carbocycles. The van der Waals surface area contributed by atoms with Crippen LogP contribution >= 0.6 is 0 Å². The Morgan fingerprint density at radius 2 is 2.12 bits per heavy atom. The number of halogens is 1. The highest BCUT2D eigenvalue weighted by Crippen LogP contribution is 2.13. The Balaban J connectivity index is 0.00000256. The first-order chi connectivity index (χ1) is 7.59. The second kappa shape index (κ2) is 7.71. The molecule has 0 aliphatic heterocycles. The topological polar surface area (TPSA) is 69.9 Å². The van der Waals surface area contributed by atoms with Gasteiger partial charge in [0, 0.05) is 0 Å². The zero-order valence-electron chi connectivity index (χ0n) is 10.5. The summed E-state index contributed by atoms with van der Waals surface area (Å²) in [6.45, 7) is 4.59. The van der Waals surface area contributed by atoms with Crippen LogP contribution in [0, 0.1) is 0 Å². The molecule has 1 aromatic heterocycles. The number of nitrogens with one attached hydrogen (secondary N) is 1. The molecule has 1 amide bonds. The fourth-order valence-corrected chi connectivity index (χ4v) is 1.50. The van der Waals surface area contributed by atoms with Gasteiger partial charge in [0.05, 0.1) is 19.2 Å². The number of rotatable bonds is 6. The fourth-order valence-electron chi connectivity index (χ4n) is 1.50. The predicted molar refractivity (Wildman–Crippen MR) is 61.4 cm³/mol. The molecule has 0 radical (unpaired) electrons. The third kappa shape index (κ3) is 5.54. The lowest BCUT2D eigenvalue weighted by molar-refractivity contribution is -0.478. The van der Waals surface area contributed by atoms with Crippen LogP contribution in [0.5, 0.6) is 0 Å². The molecule has 0 aliphatic rings. The van der Waals surface area contributed by atoms with Gasteiger partial charge in [-0.15, -0.1) is 0 Å². The van der Waals surface area contributed by atoms with Crippen molar-refractivity contribution in [3.63, 3.8) is 0 Å². The van der Waals surface area contributed by atoms with E-state index in [1.54, 1.807) is 6.26 Å². The lowest BCUT2D eigenvalue weighted by Gasteiger charge is -2.21. The number of hydrogen-bond acceptors (Lipinski definition) is 2. The van der Waals surface area contributed by atoms with Crippen molar-refractivity contribution < 1.29 is 38.9 Å². The normalized spacial score (nSPS) is 10.8. The molecule has 17 heavy (non-hydrogen) atoms. The first-order valence-corrected chi connectivity index (χ1v) is 5.74. The average molecular weight is 352 g/mol. The minimum atomic E-state index is -0.132. The Morgan fingerprint density at radius 3 is 2.59 bits per heavy atom. The van der Waals surface area contributed by atoms with E-state index < -0.39 is 0 Å². The molecule has 98 valence electrons. The molecule has 5 heteroatoms. The highest BCUT2D eigenvalue weighted by molar-refractivity contribution is 5.76. The zero-order chi connectivity index (χ0) is 12.0. The van der Waals surface area contributed by atoms with Crippen molar-refractivity contribution in [3.05, 3.63) is 24.2 Å². The summed E-state index contributed by atoms with van der Waals surface area (Å²) in [5, 5.41) is 2.84. The molecule has 0 saturated heterocycles. The number of amides is 1. The van der Waals surface area contributed by atoms with E-state index in [0.29, 0.717) is 13.0 Å². The summed E-state index contributed by atoms with van der Waals surface area (Å²) >= 11 is 0. The summed E-state index contributed by atoms with van der Waals surface area (Å²) in [5.41, 5.74) is 3.98. The van der Waals surface area contributed by atoms with Gasteiger partial charge in [0.2, 0.25) is 5.91 Å². The fraction of sp³-hybridized carbons (Fsp3) is 0.583. The molecule has 0 bridgehead atoms. The number of carbonyl (C=O) groups excluding carboxylic acids is 1. The van der Waals surface area contributed by atoms with Gasteiger partial charge in [-0.3, -0.25) is 4.79 Å². The molecule has 0 fully saturated rings. The Hall–Kier alpha value is -0.560. The van der Waals surface area contributed by atoms with Crippen molar-refractivity contribution in [2.45, 2.75) is 45.2 Å². The van der Waals surface area contributed by atoms with Crippen LogP contribution in [0.1, 0.15) is 38.9 Å². The molecule has 1 aromatic rings. The minimum Gasteiger partial charge on any atom is -1.00 e. The van der Waals surface area contributed by atoms with Gasteiger partial charge in [-0.25, -0.2) is 0 Å².